The molecule has 4 saturated carbocycles. The van der Waals surface area contributed by atoms with E-state index in [1.807, 2.05) is 56.5 Å². The molecule has 0 bridgehead atoms. The summed E-state index contributed by atoms with van der Waals surface area (Å²) in [6.07, 6.45) is 19.4. The first-order chi connectivity index (χ1) is 55.8. The van der Waals surface area contributed by atoms with E-state index >= 15 is 0 Å². The van der Waals surface area contributed by atoms with Crippen LogP contribution >= 0.6 is 0 Å². The van der Waals surface area contributed by atoms with Gasteiger partial charge in [0.25, 0.3) is 0 Å². The highest BCUT2D eigenvalue weighted by Crippen LogP contribution is 2.46. The Balaban J connectivity index is 0.000000137. The molecule has 8 aliphatic rings. The van der Waals surface area contributed by atoms with Gasteiger partial charge < -0.3 is 60.5 Å². The number of nitrogens with one attached hydrogen (secondary N) is 4. The van der Waals surface area contributed by atoms with E-state index in [-0.39, 0.29) is 79.5 Å². The molecule has 16 rings (SSSR count). The van der Waals surface area contributed by atoms with E-state index in [4.69, 9.17) is 30.5 Å². The minimum Gasteiger partial charge on any atom is -0.346 e. The van der Waals surface area contributed by atoms with E-state index in [0.717, 1.165) is 37.3 Å². The number of nitrogens with zero attached hydrogens (tertiary/aromatic N) is 16. The first-order valence-corrected chi connectivity index (χ1v) is 45.3. The zero-order valence-corrected chi connectivity index (χ0v) is 70.5. The van der Waals surface area contributed by atoms with Gasteiger partial charge in [0.2, 0.25) is 87.5 Å². The number of hydrogen-bond acceptors (Lipinski definition) is 28. The summed E-state index contributed by atoms with van der Waals surface area (Å²) in [5.41, 5.74) is 5.28. The van der Waals surface area contributed by atoms with Crippen molar-refractivity contribution in [2.24, 2.45) is 44.2 Å². The Morgan fingerprint density at radius 1 is 0.364 bits per heavy atom. The van der Waals surface area contributed by atoms with E-state index in [9.17, 15) is 52.8 Å². The van der Waals surface area contributed by atoms with Crippen molar-refractivity contribution < 1.29 is 52.8 Å². The number of aromatic nitrogens is 8. The maximum atomic E-state index is 13.5. The Bertz CT molecular complexity index is 5410. The molecule has 36 nitrogen and oxygen atoms in total. The second kappa shape index (κ2) is 34.2. The molecule has 4 fully saturated rings. The molecule has 0 spiro atoms. The molecule has 0 radical (unpaired) electrons. The standard InChI is InChI=1S/C22H30N6O3S.C20H26N6O3S.2C18H22N6O3S/c1-13(2)27-18(11-15-5-6-15)21(29)28(14(3)4)19-12-24-22(26-20(19)27)25-16-7-9-17(10-8-16)32(23,30)31;1-3-25-16(11-13-5-6-13)19(27)26(4-2)17-12-22-20(24-18(17)25)23-14-7-9-15(10-8-14)30(21,28)29;2*1-23-14(9-11-3-4-11)17(25)24(2)15-10-20-18(22-16(15)23)21-12-5-7-13(8-6-12)28(19,26)27/h7-10,12-15,18H,5-6,11H2,1-4H3,(H2,23,30,31)(H,24,25,26);7-10,12-13,16H,3-6,11H2,1-2H3,(H2,21,28,29)(H,22,23,24);2*5-8,10-11,14H,3-4,9H2,1-2H3,(H2,19,26,27)(H,20,21,22)/t;;2*14-/m..10/s1. The van der Waals surface area contributed by atoms with E-state index in [1.54, 1.807) is 102 Å². The van der Waals surface area contributed by atoms with Gasteiger partial charge in [-0.2, -0.15) is 19.9 Å². The molecule has 4 atom stereocenters. The van der Waals surface area contributed by atoms with Crippen molar-refractivity contribution in [3.05, 3.63) is 122 Å². The number of carbonyl (C=O) groups is 4. The lowest BCUT2D eigenvalue weighted by Crippen LogP contribution is -2.58. The van der Waals surface area contributed by atoms with E-state index < -0.39 is 40.1 Å². The number of anilines is 16. The molecule has 8 aromatic rings. The summed E-state index contributed by atoms with van der Waals surface area (Å²) in [6.45, 7) is 13.4. The number of carbonyl (C=O) groups excluding carboxylic acids is 4. The second-order valence-electron chi connectivity index (χ2n) is 31.4. The van der Waals surface area contributed by atoms with Crippen molar-refractivity contribution in [1.82, 2.24) is 39.9 Å². The van der Waals surface area contributed by atoms with Crippen molar-refractivity contribution in [1.29, 1.82) is 0 Å². The fourth-order valence-corrected chi connectivity index (χ4v) is 16.9. The highest BCUT2D eigenvalue weighted by molar-refractivity contribution is 7.90. The molecule has 4 amide bonds. The highest BCUT2D eigenvalue weighted by Gasteiger charge is 2.46. The quantitative estimate of drug-likeness (QED) is 0.0283. The Morgan fingerprint density at radius 2 is 0.661 bits per heavy atom. The van der Waals surface area contributed by atoms with Crippen molar-refractivity contribution in [2.45, 2.75) is 174 Å². The van der Waals surface area contributed by atoms with Gasteiger partial charge in [0.05, 0.1) is 44.4 Å². The summed E-state index contributed by atoms with van der Waals surface area (Å²) in [5, 5.41) is 32.9. The van der Waals surface area contributed by atoms with Gasteiger partial charge in [-0.15, -0.1) is 0 Å². The van der Waals surface area contributed by atoms with Gasteiger partial charge in [0.1, 0.15) is 46.9 Å². The van der Waals surface area contributed by atoms with Crippen LogP contribution < -0.4 is 81.0 Å². The lowest BCUT2D eigenvalue weighted by Gasteiger charge is -2.45. The van der Waals surface area contributed by atoms with Crippen molar-refractivity contribution in [2.75, 3.05) is 102 Å². The number of rotatable bonds is 24. The van der Waals surface area contributed by atoms with Crippen LogP contribution in [0.5, 0.6) is 0 Å². The van der Waals surface area contributed by atoms with Crippen LogP contribution in [0.3, 0.4) is 0 Å². The first-order valence-electron chi connectivity index (χ1n) is 39.1. The lowest BCUT2D eigenvalue weighted by atomic mass is 10.0. The van der Waals surface area contributed by atoms with Crippen LogP contribution in [0.15, 0.2) is 141 Å². The zero-order chi connectivity index (χ0) is 84.8. The Hall–Kier alpha value is -10.9. The second-order valence-corrected chi connectivity index (χ2v) is 37.6. The van der Waals surface area contributed by atoms with Crippen molar-refractivity contribution in [3.63, 3.8) is 0 Å². The molecule has 12 N–H and O–H groups in total. The van der Waals surface area contributed by atoms with Gasteiger partial charge in [-0.25, -0.2) is 74.2 Å². The predicted molar refractivity (Wildman–Crippen MR) is 452 cm³/mol. The Kier molecular flexibility index (Phi) is 24.7. The summed E-state index contributed by atoms with van der Waals surface area (Å²) in [7, 11) is -7.71. The summed E-state index contributed by atoms with van der Waals surface area (Å²) in [5.74, 6) is 7.11. The van der Waals surface area contributed by atoms with Crippen LogP contribution in [-0.4, -0.2) is 175 Å². The van der Waals surface area contributed by atoms with Crippen LogP contribution in [0.2, 0.25) is 0 Å². The fourth-order valence-electron chi connectivity index (χ4n) is 14.8. The Morgan fingerprint density at radius 3 is 0.958 bits per heavy atom. The maximum absolute atomic E-state index is 13.5. The molecule has 8 heterocycles. The summed E-state index contributed by atoms with van der Waals surface area (Å²) in [6, 6.07) is 23.4. The number of benzene rings is 4. The summed E-state index contributed by atoms with van der Waals surface area (Å²) >= 11 is 0. The largest absolute Gasteiger partial charge is 0.346 e. The smallest absolute Gasteiger partial charge is 0.250 e. The number of fused-ring (bicyclic) bond motifs is 4. The third-order valence-corrected chi connectivity index (χ3v) is 25.6. The van der Waals surface area contributed by atoms with E-state index in [0.29, 0.717) is 118 Å². The minimum absolute atomic E-state index is 0.00886. The number of sulfonamides is 4. The van der Waals surface area contributed by atoms with E-state index in [1.165, 1.54) is 99.9 Å². The topological polar surface area (TPSA) is 486 Å². The van der Waals surface area contributed by atoms with Crippen LogP contribution in [0.25, 0.3) is 0 Å². The number of primary sulfonamides is 4. The minimum atomic E-state index is -3.76. The van der Waals surface area contributed by atoms with Crippen LogP contribution in [0.1, 0.15) is 119 Å². The van der Waals surface area contributed by atoms with Gasteiger partial charge in [-0.05, 0) is 188 Å². The first kappa shape index (κ1) is 85.0. The molecule has 4 aliphatic carbocycles. The molecule has 4 aromatic heterocycles. The fraction of sp³-hybridized carbons (Fsp3) is 0.436. The third-order valence-electron chi connectivity index (χ3n) is 21.9. The summed E-state index contributed by atoms with van der Waals surface area (Å²) < 4.78 is 91.3. The molecule has 4 aromatic carbocycles. The molecule has 0 saturated heterocycles. The van der Waals surface area contributed by atoms with Crippen molar-refractivity contribution >= 4 is 156 Å². The molecule has 40 heteroatoms. The average molecular weight is 1690 g/mol. The molecule has 628 valence electrons. The van der Waals surface area contributed by atoms with Crippen molar-refractivity contribution in [3.8, 4) is 0 Å². The molecule has 118 heavy (non-hydrogen) atoms. The summed E-state index contributed by atoms with van der Waals surface area (Å²) in [4.78, 5) is 103. The third kappa shape index (κ3) is 19.6. The maximum Gasteiger partial charge on any atom is 0.250 e. The van der Waals surface area contributed by atoms with Crippen LogP contribution in [-0.2, 0) is 59.3 Å². The van der Waals surface area contributed by atoms with Gasteiger partial charge in [0, 0.05) is 76.1 Å². The molecule has 4 aliphatic heterocycles. The zero-order valence-electron chi connectivity index (χ0n) is 67.2. The SMILES string of the molecule is CC(C)N1C(=O)C(CC2CC2)N(C(C)C)c2nc(Nc3ccc(S(N)(=O)=O)cc3)ncc21.CCN1C(=O)C(CC2CC2)N(CC)c2nc(Nc3ccc(S(N)(=O)=O)cc3)ncc21.CN1C(=O)[C@@H](CC2CC2)N(C)c2nc(Nc3ccc(S(N)(=O)=O)cc3)ncc21.CN1C(=O)[C@H](CC2CC2)N(C)c2nc(Nc3ccc(S(N)(=O)=O)cc3)ncc21. The van der Waals surface area contributed by atoms with Gasteiger partial charge in [-0.1, -0.05) is 51.4 Å². The average Bonchev–Trinajstić information content (AvgIpc) is 1.47. The predicted octanol–water partition coefficient (Wildman–Crippen LogP) is 8.13. The van der Waals surface area contributed by atoms with Crippen LogP contribution in [0, 0.1) is 23.7 Å². The van der Waals surface area contributed by atoms with Gasteiger partial charge >= 0.3 is 0 Å². The lowest BCUT2D eigenvalue weighted by molar-refractivity contribution is -0.121. The molecular weight excluding hydrogens is 1590 g/mol. The van der Waals surface area contributed by atoms with E-state index in [2.05, 4.69) is 74.8 Å². The highest BCUT2D eigenvalue weighted by atomic mass is 32.2. The van der Waals surface area contributed by atoms with Gasteiger partial charge in [-0.3, -0.25) is 19.2 Å². The molecular formula is C78H100N24O12S4. The Labute approximate surface area is 687 Å². The monoisotopic (exact) mass is 1690 g/mol. The van der Waals surface area contributed by atoms with Gasteiger partial charge in [0.15, 0.2) is 23.3 Å². The number of hydrogen-bond donors (Lipinski definition) is 8. The normalized spacial score (nSPS) is 19.3. The number of likely N-dealkylation sites (N-methyl/N-ethyl adjacent to an activating group) is 6. The number of nitrogens with two attached hydrogens (primary N) is 4. The van der Waals surface area contributed by atoms with Crippen LogP contribution in [0.4, 0.5) is 92.6 Å². The number of amides is 4. The molecule has 2 unspecified atom stereocenters.